The predicted octanol–water partition coefficient (Wildman–Crippen LogP) is -1.76. The third-order valence-corrected chi connectivity index (χ3v) is 1.17. The zero-order valence-corrected chi connectivity index (χ0v) is 9.93. The molecule has 0 bridgehead atoms. The number of hydrogen-bond donors (Lipinski definition) is 6. The Bertz CT molecular complexity index is 371. The maximum atomic E-state index is 11.1. The molecule has 0 aromatic carbocycles. The van der Waals surface area contributed by atoms with Gasteiger partial charge in [0, 0.05) is 5.57 Å². The van der Waals surface area contributed by atoms with Crippen LogP contribution < -0.4 is 22.4 Å². The first-order valence-electron chi connectivity index (χ1n) is 4.11. The van der Waals surface area contributed by atoms with Gasteiger partial charge >= 0.3 is 11.9 Å². The highest BCUT2D eigenvalue weighted by Crippen LogP contribution is 2.01. The predicted molar refractivity (Wildman–Crippen MR) is 63.3 cm³/mol. The minimum absolute atomic E-state index is 0. The second kappa shape index (κ2) is 8.64. The van der Waals surface area contributed by atoms with E-state index in [4.69, 9.17) is 22.3 Å². The van der Waals surface area contributed by atoms with E-state index in [-0.39, 0.29) is 18.0 Å². The van der Waals surface area contributed by atoms with E-state index in [2.05, 4.69) is 16.3 Å². The van der Waals surface area contributed by atoms with Gasteiger partial charge in [0.2, 0.25) is 11.9 Å². The lowest BCUT2D eigenvalue weighted by molar-refractivity contribution is -0.150. The van der Waals surface area contributed by atoms with Gasteiger partial charge < -0.3 is 21.1 Å². The molecule has 0 saturated heterocycles. The summed E-state index contributed by atoms with van der Waals surface area (Å²) in [5, 5.41) is 13.4. The van der Waals surface area contributed by atoms with E-state index in [9.17, 15) is 9.59 Å². The number of nitrogens with two attached hydrogens (primary N) is 2. The average molecular weight is 281 g/mol. The molecule has 0 saturated carbocycles. The number of hydroxylamine groups is 2. The number of rotatable bonds is 3. The van der Waals surface area contributed by atoms with Crippen LogP contribution in [0.1, 0.15) is 6.42 Å². The second-order valence-electron chi connectivity index (χ2n) is 2.68. The van der Waals surface area contributed by atoms with Gasteiger partial charge in [-0.05, 0) is 0 Å². The quantitative estimate of drug-likeness (QED) is 0.152. The van der Waals surface area contributed by atoms with Crippen LogP contribution in [0.2, 0.25) is 0 Å². The van der Waals surface area contributed by atoms with E-state index in [1.54, 1.807) is 11.0 Å². The minimum Gasteiger partial charge on any atom is -0.368 e. The Hall–Kier alpha value is -2.49. The summed E-state index contributed by atoms with van der Waals surface area (Å²) in [7, 11) is 0. The Morgan fingerprint density at radius 1 is 1.11 bits per heavy atom. The normalized spacial score (nSPS) is 8.22. The van der Waals surface area contributed by atoms with Crippen molar-refractivity contribution in [1.29, 1.82) is 10.8 Å². The number of guanidine groups is 2. The van der Waals surface area contributed by atoms with Crippen molar-refractivity contribution in [3.05, 3.63) is 12.2 Å². The molecule has 0 fully saturated rings. The SMILES string of the molecule is C=C(CC(=O)ONC(=N)N)C(=O)ONC(=N)N.Cl. The highest BCUT2D eigenvalue weighted by Gasteiger charge is 2.15. The first-order chi connectivity index (χ1) is 7.82. The Kier molecular flexibility index (Phi) is 8.59. The fourth-order valence-electron chi connectivity index (χ4n) is 0.568. The molecule has 0 aliphatic carbocycles. The van der Waals surface area contributed by atoms with Crippen molar-refractivity contribution in [3.8, 4) is 0 Å². The molecule has 8 N–H and O–H groups in total. The van der Waals surface area contributed by atoms with Crippen molar-refractivity contribution in [2.24, 2.45) is 11.5 Å². The highest BCUT2D eigenvalue weighted by atomic mass is 35.5. The molecule has 0 radical (unpaired) electrons. The fraction of sp³-hybridized carbons (Fsp3) is 0.143. The molecule has 0 spiro atoms. The van der Waals surface area contributed by atoms with E-state index in [0.29, 0.717) is 0 Å². The second-order valence-corrected chi connectivity index (χ2v) is 2.68. The molecule has 0 atom stereocenters. The van der Waals surface area contributed by atoms with Gasteiger partial charge in [-0.2, -0.15) is 11.0 Å². The van der Waals surface area contributed by atoms with Crippen molar-refractivity contribution < 1.29 is 19.3 Å². The molecular formula is C7H13ClN6O4. The van der Waals surface area contributed by atoms with E-state index in [1.807, 2.05) is 0 Å². The summed E-state index contributed by atoms with van der Waals surface area (Å²) in [6.45, 7) is 3.26. The topological polar surface area (TPSA) is 176 Å². The first-order valence-corrected chi connectivity index (χ1v) is 4.11. The molecule has 0 aliphatic rings. The summed E-state index contributed by atoms with van der Waals surface area (Å²) in [5.41, 5.74) is 13.0. The summed E-state index contributed by atoms with van der Waals surface area (Å²) in [4.78, 5) is 30.6. The number of carbonyl (C=O) groups excluding carboxylic acids is 2. The Morgan fingerprint density at radius 2 is 1.56 bits per heavy atom. The van der Waals surface area contributed by atoms with Crippen LogP contribution in [0.4, 0.5) is 0 Å². The van der Waals surface area contributed by atoms with E-state index in [0.717, 1.165) is 0 Å². The van der Waals surface area contributed by atoms with Gasteiger partial charge in [0.25, 0.3) is 0 Å². The van der Waals surface area contributed by atoms with Crippen LogP contribution in [0.3, 0.4) is 0 Å². The van der Waals surface area contributed by atoms with Crippen LogP contribution in [0.5, 0.6) is 0 Å². The molecule has 0 unspecified atom stereocenters. The third-order valence-electron chi connectivity index (χ3n) is 1.17. The Labute approximate surface area is 108 Å². The molecule has 11 heteroatoms. The number of hydrogen-bond acceptors (Lipinski definition) is 6. The largest absolute Gasteiger partial charge is 0.368 e. The number of halogens is 1. The van der Waals surface area contributed by atoms with Gasteiger partial charge in [-0.1, -0.05) is 6.58 Å². The van der Waals surface area contributed by atoms with Crippen LogP contribution in [-0.2, 0) is 19.3 Å². The lowest BCUT2D eigenvalue weighted by atomic mass is 10.2. The summed E-state index contributed by atoms with van der Waals surface area (Å²) in [6.07, 6.45) is -0.474. The standard InChI is InChI=1S/C7H12N6O4.ClH/c1-3(5(15)17-13-7(10)11)2-4(14)16-12-6(8)9;/h1-2H2,(H4,8,9,12)(H4,10,11,13);1H. The molecule has 0 heterocycles. The smallest absolute Gasteiger partial charge is 0.358 e. The number of nitrogens with one attached hydrogen (secondary N) is 4. The van der Waals surface area contributed by atoms with E-state index in [1.165, 1.54) is 0 Å². The molecule has 0 rings (SSSR count). The zero-order chi connectivity index (χ0) is 13.4. The highest BCUT2D eigenvalue weighted by molar-refractivity contribution is 5.94. The summed E-state index contributed by atoms with van der Waals surface area (Å²) in [6, 6.07) is 0. The molecule has 0 aromatic heterocycles. The first kappa shape index (κ1) is 17.9. The van der Waals surface area contributed by atoms with Crippen LogP contribution in [0.25, 0.3) is 0 Å². The summed E-state index contributed by atoms with van der Waals surface area (Å²) >= 11 is 0. The van der Waals surface area contributed by atoms with Gasteiger partial charge in [-0.3, -0.25) is 10.8 Å². The van der Waals surface area contributed by atoms with Crippen LogP contribution in [0, 0.1) is 10.8 Å². The molecule has 0 aromatic rings. The minimum atomic E-state index is -0.972. The Balaban J connectivity index is 0. The molecule has 18 heavy (non-hydrogen) atoms. The van der Waals surface area contributed by atoms with Gasteiger partial charge in [-0.15, -0.1) is 12.4 Å². The van der Waals surface area contributed by atoms with Crippen LogP contribution in [0.15, 0.2) is 12.2 Å². The van der Waals surface area contributed by atoms with Crippen molar-refractivity contribution in [2.75, 3.05) is 0 Å². The van der Waals surface area contributed by atoms with Crippen molar-refractivity contribution in [3.63, 3.8) is 0 Å². The van der Waals surface area contributed by atoms with E-state index >= 15 is 0 Å². The van der Waals surface area contributed by atoms with Gasteiger partial charge in [0.15, 0.2) is 0 Å². The van der Waals surface area contributed by atoms with Crippen molar-refractivity contribution in [1.82, 2.24) is 11.0 Å². The monoisotopic (exact) mass is 280 g/mol. The zero-order valence-electron chi connectivity index (χ0n) is 9.11. The maximum absolute atomic E-state index is 11.1. The van der Waals surface area contributed by atoms with Gasteiger partial charge in [0.05, 0.1) is 6.42 Å². The number of carbonyl (C=O) groups is 2. The summed E-state index contributed by atoms with van der Waals surface area (Å²) < 4.78 is 0. The maximum Gasteiger partial charge on any atom is 0.358 e. The molecule has 0 aliphatic heterocycles. The lowest BCUT2D eigenvalue weighted by Crippen LogP contribution is -2.34. The fourth-order valence-corrected chi connectivity index (χ4v) is 0.568. The molecule has 0 amide bonds. The van der Waals surface area contributed by atoms with Crippen molar-refractivity contribution in [2.45, 2.75) is 6.42 Å². The van der Waals surface area contributed by atoms with Crippen LogP contribution >= 0.6 is 12.4 Å². The Morgan fingerprint density at radius 3 is 2.00 bits per heavy atom. The van der Waals surface area contributed by atoms with Gasteiger partial charge in [0.1, 0.15) is 0 Å². The lowest BCUT2D eigenvalue weighted by Gasteiger charge is -2.07. The van der Waals surface area contributed by atoms with Gasteiger partial charge in [-0.25, -0.2) is 9.59 Å². The van der Waals surface area contributed by atoms with Crippen molar-refractivity contribution >= 4 is 36.3 Å². The third kappa shape index (κ3) is 8.79. The molecule has 10 nitrogen and oxygen atoms in total. The summed E-state index contributed by atoms with van der Waals surface area (Å²) in [5.74, 6) is -3.00. The van der Waals surface area contributed by atoms with Crippen LogP contribution in [-0.4, -0.2) is 23.9 Å². The average Bonchev–Trinajstić information content (AvgIpc) is 2.22. The van der Waals surface area contributed by atoms with E-state index < -0.39 is 30.3 Å². The molecular weight excluding hydrogens is 268 g/mol. The molecule has 102 valence electrons.